The van der Waals surface area contributed by atoms with Gasteiger partial charge in [0.1, 0.15) is 6.04 Å². The van der Waals surface area contributed by atoms with Gasteiger partial charge in [0.2, 0.25) is 11.8 Å². The van der Waals surface area contributed by atoms with Crippen molar-refractivity contribution in [3.05, 3.63) is 47.6 Å². The number of carboxylic acid groups (broad SMARTS) is 1. The summed E-state index contributed by atoms with van der Waals surface area (Å²) in [5, 5.41) is 15.4. The average Bonchev–Trinajstić information content (AvgIpc) is 2.91. The number of nitrogens with one attached hydrogen (secondary N) is 1. The first kappa shape index (κ1) is 15.7. The highest BCUT2D eigenvalue weighted by Gasteiger charge is 2.20. The van der Waals surface area contributed by atoms with Crippen molar-refractivity contribution in [1.29, 1.82) is 0 Å². The Labute approximate surface area is 127 Å². The molecular weight excluding hydrogens is 286 g/mol. The Hall–Kier alpha value is -2.70. The summed E-state index contributed by atoms with van der Waals surface area (Å²) in [6, 6.07) is 8.19. The highest BCUT2D eigenvalue weighted by Crippen LogP contribution is 2.05. The van der Waals surface area contributed by atoms with Crippen molar-refractivity contribution >= 4 is 11.9 Å². The van der Waals surface area contributed by atoms with Crippen molar-refractivity contribution in [2.75, 3.05) is 0 Å². The fraction of sp³-hybridized carbons (Fsp3) is 0.333. The fourth-order valence-corrected chi connectivity index (χ4v) is 1.98. The van der Waals surface area contributed by atoms with Gasteiger partial charge in [-0.25, -0.2) is 4.79 Å². The van der Waals surface area contributed by atoms with Gasteiger partial charge in [0.05, 0.1) is 0 Å². The molecule has 1 atom stereocenters. The Morgan fingerprint density at radius 3 is 2.64 bits per heavy atom. The number of rotatable bonds is 7. The van der Waals surface area contributed by atoms with Gasteiger partial charge in [-0.2, -0.15) is 4.98 Å². The van der Waals surface area contributed by atoms with Crippen LogP contribution in [-0.2, 0) is 22.4 Å². The first-order valence-corrected chi connectivity index (χ1v) is 6.90. The normalized spacial score (nSPS) is 11.9. The van der Waals surface area contributed by atoms with Gasteiger partial charge in [-0.3, -0.25) is 4.79 Å². The Morgan fingerprint density at radius 1 is 1.32 bits per heavy atom. The number of amides is 1. The highest BCUT2D eigenvalue weighted by atomic mass is 16.5. The molecule has 0 bridgehead atoms. The van der Waals surface area contributed by atoms with Crippen molar-refractivity contribution in [3.8, 4) is 0 Å². The predicted molar refractivity (Wildman–Crippen MR) is 77.1 cm³/mol. The third-order valence-electron chi connectivity index (χ3n) is 3.05. The number of aliphatic carboxylic acids is 1. The summed E-state index contributed by atoms with van der Waals surface area (Å²) in [4.78, 5) is 27.1. The lowest BCUT2D eigenvalue weighted by molar-refractivity contribution is -0.141. The number of nitrogens with zero attached hydrogens (tertiary/aromatic N) is 2. The SMILES string of the molecule is Cc1noc(CCC(=O)N[C@H](Cc2ccccc2)C(=O)O)n1. The second-order valence-electron chi connectivity index (χ2n) is 4.88. The van der Waals surface area contributed by atoms with E-state index in [2.05, 4.69) is 15.5 Å². The molecule has 116 valence electrons. The lowest BCUT2D eigenvalue weighted by Gasteiger charge is -2.14. The minimum atomic E-state index is -1.06. The number of hydrogen-bond donors (Lipinski definition) is 2. The van der Waals surface area contributed by atoms with E-state index in [-0.39, 0.29) is 25.2 Å². The van der Waals surface area contributed by atoms with Crippen LogP contribution in [0.5, 0.6) is 0 Å². The monoisotopic (exact) mass is 303 g/mol. The molecule has 2 aromatic rings. The molecule has 0 saturated heterocycles. The van der Waals surface area contributed by atoms with E-state index in [0.29, 0.717) is 11.7 Å². The van der Waals surface area contributed by atoms with E-state index in [4.69, 9.17) is 4.52 Å². The van der Waals surface area contributed by atoms with Gasteiger partial charge in [-0.15, -0.1) is 0 Å². The van der Waals surface area contributed by atoms with Crippen LogP contribution in [0.4, 0.5) is 0 Å². The molecule has 0 saturated carbocycles. The minimum Gasteiger partial charge on any atom is -0.480 e. The molecule has 2 rings (SSSR count). The molecule has 1 aromatic carbocycles. The number of carbonyl (C=O) groups excluding carboxylic acids is 1. The number of hydrogen-bond acceptors (Lipinski definition) is 5. The molecule has 2 N–H and O–H groups in total. The van der Waals surface area contributed by atoms with Crippen molar-refractivity contribution in [1.82, 2.24) is 15.5 Å². The van der Waals surface area contributed by atoms with Crippen LogP contribution in [0.25, 0.3) is 0 Å². The molecule has 7 heteroatoms. The van der Waals surface area contributed by atoms with E-state index in [1.165, 1.54) is 0 Å². The number of benzene rings is 1. The van der Waals surface area contributed by atoms with Gasteiger partial charge in [0, 0.05) is 19.3 Å². The van der Waals surface area contributed by atoms with Crippen molar-refractivity contribution in [3.63, 3.8) is 0 Å². The van der Waals surface area contributed by atoms with Gasteiger partial charge in [-0.05, 0) is 12.5 Å². The summed E-state index contributed by atoms with van der Waals surface area (Å²) in [7, 11) is 0. The van der Waals surface area contributed by atoms with Crippen LogP contribution in [0.3, 0.4) is 0 Å². The van der Waals surface area contributed by atoms with Gasteiger partial charge < -0.3 is 14.9 Å². The quantitative estimate of drug-likeness (QED) is 0.794. The molecule has 0 aliphatic carbocycles. The lowest BCUT2D eigenvalue weighted by atomic mass is 10.1. The summed E-state index contributed by atoms with van der Waals surface area (Å²) in [5.41, 5.74) is 0.850. The van der Waals surface area contributed by atoms with Crippen LogP contribution in [0.15, 0.2) is 34.9 Å². The smallest absolute Gasteiger partial charge is 0.326 e. The van der Waals surface area contributed by atoms with E-state index >= 15 is 0 Å². The zero-order chi connectivity index (χ0) is 15.9. The zero-order valence-electron chi connectivity index (χ0n) is 12.2. The van der Waals surface area contributed by atoms with E-state index in [9.17, 15) is 14.7 Å². The summed E-state index contributed by atoms with van der Waals surface area (Å²) >= 11 is 0. The Kier molecular flexibility index (Phi) is 5.24. The molecule has 22 heavy (non-hydrogen) atoms. The molecule has 1 heterocycles. The number of carbonyl (C=O) groups is 2. The first-order chi connectivity index (χ1) is 10.5. The van der Waals surface area contributed by atoms with Crippen molar-refractivity contribution in [2.45, 2.75) is 32.2 Å². The summed E-state index contributed by atoms with van der Waals surface area (Å²) in [6.07, 6.45) is 0.617. The molecule has 1 amide bonds. The fourth-order valence-electron chi connectivity index (χ4n) is 1.98. The maximum Gasteiger partial charge on any atom is 0.326 e. The number of aryl methyl sites for hydroxylation is 2. The Balaban J connectivity index is 1.87. The molecule has 0 aliphatic heterocycles. The third kappa shape index (κ3) is 4.69. The average molecular weight is 303 g/mol. The Morgan fingerprint density at radius 2 is 2.05 bits per heavy atom. The molecular formula is C15H17N3O4. The summed E-state index contributed by atoms with van der Waals surface area (Å²) in [5.74, 6) is -0.560. The Bertz CT molecular complexity index is 639. The lowest BCUT2D eigenvalue weighted by Crippen LogP contribution is -2.42. The van der Waals surface area contributed by atoms with Gasteiger partial charge in [0.25, 0.3) is 0 Å². The van der Waals surface area contributed by atoms with Gasteiger partial charge in [-0.1, -0.05) is 35.5 Å². The van der Waals surface area contributed by atoms with Crippen LogP contribution in [-0.4, -0.2) is 33.2 Å². The predicted octanol–water partition coefficient (Wildman–Crippen LogP) is 1.12. The molecule has 7 nitrogen and oxygen atoms in total. The maximum absolute atomic E-state index is 11.9. The van der Waals surface area contributed by atoms with Crippen LogP contribution < -0.4 is 5.32 Å². The first-order valence-electron chi connectivity index (χ1n) is 6.90. The molecule has 0 unspecified atom stereocenters. The summed E-state index contributed by atoms with van der Waals surface area (Å²) < 4.78 is 4.91. The van der Waals surface area contributed by atoms with Gasteiger partial charge >= 0.3 is 5.97 Å². The van der Waals surface area contributed by atoms with Crippen molar-refractivity contribution < 1.29 is 19.2 Å². The second kappa shape index (κ2) is 7.35. The van der Waals surface area contributed by atoms with E-state index in [1.807, 2.05) is 30.3 Å². The van der Waals surface area contributed by atoms with E-state index in [0.717, 1.165) is 5.56 Å². The molecule has 1 aromatic heterocycles. The molecule has 0 fully saturated rings. The maximum atomic E-state index is 11.9. The molecule has 0 spiro atoms. The van der Waals surface area contributed by atoms with Crippen LogP contribution in [0.1, 0.15) is 23.7 Å². The van der Waals surface area contributed by atoms with Crippen LogP contribution >= 0.6 is 0 Å². The van der Waals surface area contributed by atoms with Gasteiger partial charge in [0.15, 0.2) is 5.82 Å². The van der Waals surface area contributed by atoms with E-state index in [1.54, 1.807) is 6.92 Å². The van der Waals surface area contributed by atoms with Crippen LogP contribution in [0, 0.1) is 6.92 Å². The second-order valence-corrected chi connectivity index (χ2v) is 4.88. The standard InChI is InChI=1S/C15H17N3O4/c1-10-16-14(22-18-10)8-7-13(19)17-12(15(20)21)9-11-5-3-2-4-6-11/h2-6,12H,7-9H2,1H3,(H,17,19)(H,20,21)/t12-/m1/s1. The number of carboxylic acids is 1. The minimum absolute atomic E-state index is 0.0974. The summed E-state index contributed by atoms with van der Waals surface area (Å²) in [6.45, 7) is 1.69. The zero-order valence-corrected chi connectivity index (χ0v) is 12.2. The number of aromatic nitrogens is 2. The highest BCUT2D eigenvalue weighted by molar-refractivity contribution is 5.83. The molecule has 0 radical (unpaired) electrons. The van der Waals surface area contributed by atoms with E-state index < -0.39 is 12.0 Å². The third-order valence-corrected chi connectivity index (χ3v) is 3.05. The van der Waals surface area contributed by atoms with Crippen LogP contribution in [0.2, 0.25) is 0 Å². The topological polar surface area (TPSA) is 105 Å². The van der Waals surface area contributed by atoms with Crippen molar-refractivity contribution in [2.24, 2.45) is 0 Å². The molecule has 0 aliphatic rings. The largest absolute Gasteiger partial charge is 0.480 e.